The summed E-state index contributed by atoms with van der Waals surface area (Å²) in [4.78, 5) is 9.15. The Balaban J connectivity index is 2.15. The van der Waals surface area contributed by atoms with Gasteiger partial charge >= 0.3 is 0 Å². The molecule has 98 valence electrons. The second-order valence-corrected chi connectivity index (χ2v) is 6.19. The topological polar surface area (TPSA) is 25.8 Å². The molecule has 0 unspecified atom stereocenters. The lowest BCUT2D eigenvalue weighted by atomic mass is 10.1. The Labute approximate surface area is 126 Å². The average molecular weight is 338 g/mol. The van der Waals surface area contributed by atoms with Crippen LogP contribution in [-0.2, 0) is 12.8 Å². The smallest absolute Gasteiger partial charge is 0.161 e. The zero-order valence-electron chi connectivity index (χ0n) is 10.9. The van der Waals surface area contributed by atoms with Crippen molar-refractivity contribution < 1.29 is 0 Å². The molecule has 0 amide bonds. The maximum atomic E-state index is 6.28. The van der Waals surface area contributed by atoms with Crippen LogP contribution in [0, 0.1) is 13.8 Å². The van der Waals surface area contributed by atoms with Crippen molar-refractivity contribution in [3.05, 3.63) is 44.1 Å². The van der Waals surface area contributed by atoms with Crippen LogP contribution in [0.1, 0.15) is 28.8 Å². The van der Waals surface area contributed by atoms with Crippen LogP contribution in [0.15, 0.2) is 16.6 Å². The van der Waals surface area contributed by atoms with Crippen molar-refractivity contribution in [3.63, 3.8) is 0 Å². The van der Waals surface area contributed by atoms with Crippen LogP contribution in [0.2, 0.25) is 5.15 Å². The van der Waals surface area contributed by atoms with Crippen LogP contribution < -0.4 is 0 Å². The van der Waals surface area contributed by atoms with Crippen molar-refractivity contribution >= 4 is 27.5 Å². The van der Waals surface area contributed by atoms with Crippen LogP contribution in [0.4, 0.5) is 0 Å². The summed E-state index contributed by atoms with van der Waals surface area (Å²) in [6.07, 6.45) is 3.15. The normalized spacial score (nSPS) is 13.7. The lowest BCUT2D eigenvalue weighted by molar-refractivity contribution is 0.900. The van der Waals surface area contributed by atoms with Crippen molar-refractivity contribution in [2.75, 3.05) is 0 Å². The number of hydrogen-bond acceptors (Lipinski definition) is 2. The van der Waals surface area contributed by atoms with Crippen molar-refractivity contribution in [2.24, 2.45) is 0 Å². The van der Waals surface area contributed by atoms with Gasteiger partial charge in [-0.15, -0.1) is 0 Å². The summed E-state index contributed by atoms with van der Waals surface area (Å²) >= 11 is 9.86. The first-order chi connectivity index (χ1) is 9.06. The molecule has 0 aliphatic heterocycles. The molecule has 4 heteroatoms. The molecule has 1 aromatic carbocycles. The molecular formula is C15H14BrClN2. The Morgan fingerprint density at radius 1 is 1.11 bits per heavy atom. The molecule has 0 saturated heterocycles. The van der Waals surface area contributed by atoms with Gasteiger partial charge in [0.25, 0.3) is 0 Å². The molecule has 0 N–H and O–H groups in total. The first-order valence-electron chi connectivity index (χ1n) is 6.38. The van der Waals surface area contributed by atoms with Crippen LogP contribution >= 0.6 is 27.5 Å². The number of aromatic nitrogens is 2. The lowest BCUT2D eigenvalue weighted by Gasteiger charge is -2.09. The number of nitrogens with zero attached hydrogens (tertiary/aromatic N) is 2. The Hall–Kier alpha value is -0.930. The average Bonchev–Trinajstić information content (AvgIpc) is 2.84. The molecule has 3 rings (SSSR count). The minimum absolute atomic E-state index is 0.621. The Morgan fingerprint density at radius 3 is 2.47 bits per heavy atom. The van der Waals surface area contributed by atoms with Crippen LogP contribution in [0.25, 0.3) is 11.4 Å². The molecule has 1 heterocycles. The number of rotatable bonds is 1. The second-order valence-electron chi connectivity index (χ2n) is 5.04. The standard InChI is InChI=1S/C15H14BrClN2/c1-8-6-10(7-9(2)13(8)16)15-18-12-5-3-4-11(12)14(17)19-15/h6-7H,3-5H2,1-2H3. The van der Waals surface area contributed by atoms with Gasteiger partial charge in [0, 0.05) is 21.3 Å². The predicted molar refractivity (Wildman–Crippen MR) is 81.7 cm³/mol. The molecule has 2 aromatic rings. The summed E-state index contributed by atoms with van der Waals surface area (Å²) in [5, 5.41) is 0.621. The van der Waals surface area contributed by atoms with Crippen LogP contribution in [0.3, 0.4) is 0 Å². The maximum absolute atomic E-state index is 6.28. The second kappa shape index (κ2) is 4.88. The zero-order valence-corrected chi connectivity index (χ0v) is 13.3. The van der Waals surface area contributed by atoms with Gasteiger partial charge in [-0.05, 0) is 56.4 Å². The highest BCUT2D eigenvalue weighted by atomic mass is 79.9. The van der Waals surface area contributed by atoms with Gasteiger partial charge in [-0.25, -0.2) is 9.97 Å². The van der Waals surface area contributed by atoms with Gasteiger partial charge < -0.3 is 0 Å². The molecule has 0 saturated carbocycles. The molecule has 2 nitrogen and oxygen atoms in total. The first-order valence-corrected chi connectivity index (χ1v) is 7.56. The number of benzene rings is 1. The summed E-state index contributed by atoms with van der Waals surface area (Å²) in [5.41, 5.74) is 5.67. The predicted octanol–water partition coefficient (Wildman–Crippen LogP) is 4.67. The van der Waals surface area contributed by atoms with E-state index in [4.69, 9.17) is 11.6 Å². The van der Waals surface area contributed by atoms with E-state index >= 15 is 0 Å². The molecular weight excluding hydrogens is 324 g/mol. The Morgan fingerprint density at radius 2 is 1.79 bits per heavy atom. The highest BCUT2D eigenvalue weighted by Gasteiger charge is 2.19. The number of halogens is 2. The molecule has 0 bridgehead atoms. The molecule has 0 radical (unpaired) electrons. The molecule has 0 spiro atoms. The largest absolute Gasteiger partial charge is 0.233 e. The van der Waals surface area contributed by atoms with E-state index in [0.717, 1.165) is 46.4 Å². The van der Waals surface area contributed by atoms with Crippen LogP contribution in [-0.4, -0.2) is 9.97 Å². The molecule has 0 fully saturated rings. The van der Waals surface area contributed by atoms with Gasteiger partial charge in [0.2, 0.25) is 0 Å². The summed E-state index contributed by atoms with van der Waals surface area (Å²) in [5.74, 6) is 0.740. The fourth-order valence-corrected chi connectivity index (χ4v) is 3.10. The van der Waals surface area contributed by atoms with E-state index < -0.39 is 0 Å². The van der Waals surface area contributed by atoms with E-state index in [9.17, 15) is 0 Å². The fraction of sp³-hybridized carbons (Fsp3) is 0.333. The van der Waals surface area contributed by atoms with Crippen molar-refractivity contribution in [3.8, 4) is 11.4 Å². The third kappa shape index (κ3) is 2.30. The quantitative estimate of drug-likeness (QED) is 0.707. The SMILES string of the molecule is Cc1cc(-c2nc(Cl)c3c(n2)CCC3)cc(C)c1Br. The van der Waals surface area contributed by atoms with Gasteiger partial charge in [-0.2, -0.15) is 0 Å². The van der Waals surface area contributed by atoms with E-state index in [1.165, 1.54) is 11.1 Å². The molecule has 1 aliphatic carbocycles. The fourth-order valence-electron chi connectivity index (χ4n) is 2.59. The van der Waals surface area contributed by atoms with Crippen LogP contribution in [0.5, 0.6) is 0 Å². The van der Waals surface area contributed by atoms with Gasteiger partial charge in [0.1, 0.15) is 5.15 Å². The number of aryl methyl sites for hydroxylation is 3. The molecule has 1 aliphatic rings. The van der Waals surface area contributed by atoms with Gasteiger partial charge in [0.15, 0.2) is 5.82 Å². The highest BCUT2D eigenvalue weighted by molar-refractivity contribution is 9.10. The van der Waals surface area contributed by atoms with E-state index in [-0.39, 0.29) is 0 Å². The summed E-state index contributed by atoms with van der Waals surface area (Å²) in [6, 6.07) is 4.20. The van der Waals surface area contributed by atoms with Crippen molar-refractivity contribution in [1.29, 1.82) is 0 Å². The third-order valence-corrected chi connectivity index (χ3v) is 5.14. The van der Waals surface area contributed by atoms with Crippen molar-refractivity contribution in [1.82, 2.24) is 9.97 Å². The highest BCUT2D eigenvalue weighted by Crippen LogP contribution is 2.31. The van der Waals surface area contributed by atoms with E-state index in [0.29, 0.717) is 5.15 Å². The molecule has 1 aromatic heterocycles. The van der Waals surface area contributed by atoms with Gasteiger partial charge in [0.05, 0.1) is 0 Å². The molecule has 0 atom stereocenters. The Bertz CT molecular complexity index is 644. The minimum atomic E-state index is 0.621. The third-order valence-electron chi connectivity index (χ3n) is 3.58. The van der Waals surface area contributed by atoms with E-state index in [1.54, 1.807) is 0 Å². The number of fused-ring (bicyclic) bond motifs is 1. The minimum Gasteiger partial charge on any atom is -0.233 e. The van der Waals surface area contributed by atoms with E-state index in [2.05, 4.69) is 51.9 Å². The first kappa shape index (κ1) is 13.1. The lowest BCUT2D eigenvalue weighted by Crippen LogP contribution is -1.98. The Kier molecular flexibility index (Phi) is 3.35. The van der Waals surface area contributed by atoms with Gasteiger partial charge in [-0.1, -0.05) is 27.5 Å². The maximum Gasteiger partial charge on any atom is 0.161 e. The summed E-state index contributed by atoms with van der Waals surface area (Å²) in [7, 11) is 0. The van der Waals surface area contributed by atoms with Gasteiger partial charge in [-0.3, -0.25) is 0 Å². The monoisotopic (exact) mass is 336 g/mol. The zero-order chi connectivity index (χ0) is 13.6. The van der Waals surface area contributed by atoms with Crippen molar-refractivity contribution in [2.45, 2.75) is 33.1 Å². The summed E-state index contributed by atoms with van der Waals surface area (Å²) < 4.78 is 1.14. The van der Waals surface area contributed by atoms with E-state index in [1.807, 2.05) is 0 Å². The number of hydrogen-bond donors (Lipinski definition) is 0. The summed E-state index contributed by atoms with van der Waals surface area (Å²) in [6.45, 7) is 4.16. The molecule has 19 heavy (non-hydrogen) atoms.